The van der Waals surface area contributed by atoms with E-state index in [1.54, 1.807) is 6.07 Å². The van der Waals surface area contributed by atoms with Crippen LogP contribution in [-0.2, 0) is 0 Å². The highest BCUT2D eigenvalue weighted by Gasteiger charge is 2.28. The third-order valence-corrected chi connectivity index (χ3v) is 4.52. The Morgan fingerprint density at radius 3 is 2.83 bits per heavy atom. The van der Waals surface area contributed by atoms with Crippen molar-refractivity contribution in [2.75, 3.05) is 27.2 Å². The third-order valence-electron chi connectivity index (χ3n) is 3.34. The third kappa shape index (κ3) is 2.97. The molecule has 0 spiro atoms. The van der Waals surface area contributed by atoms with Crippen molar-refractivity contribution in [1.82, 2.24) is 9.80 Å². The molecular weight excluding hydrogens is 363 g/mol. The van der Waals surface area contributed by atoms with Crippen molar-refractivity contribution in [2.45, 2.75) is 12.5 Å². The SMILES string of the molecule is CN(C)C1CCN(C(=O)c2cc(Cl)ccc2I)C1. The van der Waals surface area contributed by atoms with Gasteiger partial charge >= 0.3 is 0 Å². The second-order valence-electron chi connectivity index (χ2n) is 4.78. The molecule has 0 N–H and O–H groups in total. The van der Waals surface area contributed by atoms with Crippen molar-refractivity contribution >= 4 is 40.1 Å². The fourth-order valence-corrected chi connectivity index (χ4v) is 2.92. The van der Waals surface area contributed by atoms with E-state index in [1.165, 1.54) is 0 Å². The number of hydrogen-bond donors (Lipinski definition) is 0. The summed E-state index contributed by atoms with van der Waals surface area (Å²) in [6.45, 7) is 1.62. The molecule has 1 aromatic carbocycles. The lowest BCUT2D eigenvalue weighted by atomic mass is 10.2. The van der Waals surface area contributed by atoms with E-state index in [-0.39, 0.29) is 5.91 Å². The summed E-state index contributed by atoms with van der Waals surface area (Å²) in [4.78, 5) is 16.5. The number of carbonyl (C=O) groups excluding carboxylic acids is 1. The lowest BCUT2D eigenvalue weighted by Crippen LogP contribution is -2.34. The number of halogens is 2. The van der Waals surface area contributed by atoms with Crippen LogP contribution in [0.4, 0.5) is 0 Å². The van der Waals surface area contributed by atoms with Gasteiger partial charge in [0.1, 0.15) is 0 Å². The van der Waals surface area contributed by atoms with Crippen LogP contribution in [0.2, 0.25) is 5.02 Å². The van der Waals surface area contributed by atoms with Crippen molar-refractivity contribution in [3.8, 4) is 0 Å². The molecule has 0 aliphatic carbocycles. The number of hydrogen-bond acceptors (Lipinski definition) is 2. The van der Waals surface area contributed by atoms with Gasteiger partial charge in [0.05, 0.1) is 5.56 Å². The van der Waals surface area contributed by atoms with Gasteiger partial charge in [0.15, 0.2) is 0 Å². The summed E-state index contributed by atoms with van der Waals surface area (Å²) in [5, 5.41) is 0.613. The van der Waals surface area contributed by atoms with Crippen molar-refractivity contribution < 1.29 is 4.79 Å². The number of rotatable bonds is 2. The zero-order valence-corrected chi connectivity index (χ0v) is 13.4. The zero-order valence-electron chi connectivity index (χ0n) is 10.5. The van der Waals surface area contributed by atoms with Crippen molar-refractivity contribution in [3.63, 3.8) is 0 Å². The van der Waals surface area contributed by atoms with Crippen LogP contribution in [0.15, 0.2) is 18.2 Å². The van der Waals surface area contributed by atoms with E-state index < -0.39 is 0 Å². The van der Waals surface area contributed by atoms with Gasteiger partial charge in [0.25, 0.3) is 5.91 Å². The fraction of sp³-hybridized carbons (Fsp3) is 0.462. The van der Waals surface area contributed by atoms with Gasteiger partial charge in [-0.15, -0.1) is 0 Å². The molecule has 0 bridgehead atoms. The van der Waals surface area contributed by atoms with Crippen LogP contribution in [0, 0.1) is 3.57 Å². The molecule has 2 rings (SSSR count). The topological polar surface area (TPSA) is 23.6 Å². The number of carbonyl (C=O) groups is 1. The van der Waals surface area contributed by atoms with Gasteiger partial charge in [-0.3, -0.25) is 4.79 Å². The summed E-state index contributed by atoms with van der Waals surface area (Å²) < 4.78 is 0.954. The minimum absolute atomic E-state index is 0.0891. The zero-order chi connectivity index (χ0) is 13.3. The molecular formula is C13H16ClIN2O. The predicted octanol–water partition coefficient (Wildman–Crippen LogP) is 2.72. The van der Waals surface area contributed by atoms with Crippen molar-refractivity contribution in [1.29, 1.82) is 0 Å². The second kappa shape index (κ2) is 5.75. The van der Waals surface area contributed by atoms with Gasteiger partial charge < -0.3 is 9.80 Å². The lowest BCUT2D eigenvalue weighted by molar-refractivity contribution is 0.0782. The van der Waals surface area contributed by atoms with Gasteiger partial charge in [0.2, 0.25) is 0 Å². The van der Waals surface area contributed by atoms with E-state index in [0.717, 1.165) is 23.1 Å². The molecule has 98 valence electrons. The number of likely N-dealkylation sites (tertiary alicyclic amines) is 1. The van der Waals surface area contributed by atoms with E-state index in [9.17, 15) is 4.79 Å². The first-order valence-corrected chi connectivity index (χ1v) is 7.35. The van der Waals surface area contributed by atoms with Crippen LogP contribution in [0.25, 0.3) is 0 Å². The van der Waals surface area contributed by atoms with Gasteiger partial charge in [0, 0.05) is 27.7 Å². The van der Waals surface area contributed by atoms with E-state index >= 15 is 0 Å². The molecule has 1 saturated heterocycles. The van der Waals surface area contributed by atoms with Crippen LogP contribution >= 0.6 is 34.2 Å². The monoisotopic (exact) mass is 378 g/mol. The van der Waals surface area contributed by atoms with Gasteiger partial charge in [-0.1, -0.05) is 11.6 Å². The number of nitrogens with zero attached hydrogens (tertiary/aromatic N) is 2. The highest BCUT2D eigenvalue weighted by atomic mass is 127. The Hall–Kier alpha value is -0.330. The fourth-order valence-electron chi connectivity index (χ4n) is 2.18. The standard InChI is InChI=1S/C13H16ClIN2O/c1-16(2)10-5-6-17(8-10)13(18)11-7-9(14)3-4-12(11)15/h3-4,7,10H,5-6,8H2,1-2H3. The highest BCUT2D eigenvalue weighted by Crippen LogP contribution is 2.22. The van der Waals surface area contributed by atoms with Crippen molar-refractivity contribution in [2.24, 2.45) is 0 Å². The summed E-state index contributed by atoms with van der Waals surface area (Å²) in [5.41, 5.74) is 0.711. The number of amides is 1. The summed E-state index contributed by atoms with van der Waals surface area (Å²) in [7, 11) is 4.11. The molecule has 3 nitrogen and oxygen atoms in total. The molecule has 5 heteroatoms. The minimum atomic E-state index is 0.0891. The normalized spacial score (nSPS) is 19.6. The Kier molecular flexibility index (Phi) is 4.50. The molecule has 0 aromatic heterocycles. The van der Waals surface area contributed by atoms with Gasteiger partial charge in [-0.2, -0.15) is 0 Å². The molecule has 1 atom stereocenters. The maximum absolute atomic E-state index is 12.4. The summed E-state index contributed by atoms with van der Waals surface area (Å²) in [5.74, 6) is 0.0891. The number of benzene rings is 1. The molecule has 1 aromatic rings. The molecule has 1 fully saturated rings. The molecule has 1 aliphatic rings. The summed E-state index contributed by atoms with van der Waals surface area (Å²) >= 11 is 8.15. The maximum Gasteiger partial charge on any atom is 0.255 e. The van der Waals surface area contributed by atoms with E-state index in [2.05, 4.69) is 41.6 Å². The van der Waals surface area contributed by atoms with E-state index in [4.69, 9.17) is 11.6 Å². The summed E-state index contributed by atoms with van der Waals surface area (Å²) in [6, 6.07) is 5.92. The quantitative estimate of drug-likeness (QED) is 0.739. The van der Waals surface area contributed by atoms with E-state index in [0.29, 0.717) is 16.6 Å². The van der Waals surface area contributed by atoms with Crippen LogP contribution in [-0.4, -0.2) is 48.9 Å². The average molecular weight is 379 g/mol. The van der Waals surface area contributed by atoms with Crippen LogP contribution in [0.1, 0.15) is 16.8 Å². The van der Waals surface area contributed by atoms with Gasteiger partial charge in [-0.05, 0) is 61.3 Å². The minimum Gasteiger partial charge on any atom is -0.337 e. The average Bonchev–Trinajstić information content (AvgIpc) is 2.81. The van der Waals surface area contributed by atoms with Crippen LogP contribution in [0.3, 0.4) is 0 Å². The first-order valence-electron chi connectivity index (χ1n) is 5.90. The maximum atomic E-state index is 12.4. The Morgan fingerprint density at radius 1 is 1.50 bits per heavy atom. The Morgan fingerprint density at radius 2 is 2.22 bits per heavy atom. The smallest absolute Gasteiger partial charge is 0.255 e. The van der Waals surface area contributed by atoms with Crippen molar-refractivity contribution in [3.05, 3.63) is 32.4 Å². The second-order valence-corrected chi connectivity index (χ2v) is 6.38. The molecule has 1 unspecified atom stereocenters. The Balaban J connectivity index is 2.15. The van der Waals surface area contributed by atoms with Gasteiger partial charge in [-0.25, -0.2) is 0 Å². The number of likely N-dealkylation sites (N-methyl/N-ethyl adjacent to an activating group) is 1. The molecule has 1 aliphatic heterocycles. The first kappa shape index (κ1) is 14.1. The molecule has 1 amide bonds. The summed E-state index contributed by atoms with van der Waals surface area (Å²) in [6.07, 6.45) is 1.04. The van der Waals surface area contributed by atoms with Crippen LogP contribution in [0.5, 0.6) is 0 Å². The predicted molar refractivity (Wildman–Crippen MR) is 82.2 cm³/mol. The highest BCUT2D eigenvalue weighted by molar-refractivity contribution is 14.1. The van der Waals surface area contributed by atoms with Crippen LogP contribution < -0.4 is 0 Å². The first-order chi connectivity index (χ1) is 8.49. The Bertz CT molecular complexity index is 464. The molecule has 0 radical (unpaired) electrons. The molecule has 18 heavy (non-hydrogen) atoms. The molecule has 0 saturated carbocycles. The lowest BCUT2D eigenvalue weighted by Gasteiger charge is -2.21. The molecule has 1 heterocycles. The van der Waals surface area contributed by atoms with E-state index in [1.807, 2.05) is 17.0 Å². The largest absolute Gasteiger partial charge is 0.337 e. The Labute approximate surface area is 126 Å².